The van der Waals surface area contributed by atoms with Crippen LogP contribution in [-0.2, 0) is 11.2 Å². The lowest BCUT2D eigenvalue weighted by Crippen LogP contribution is -2.63. The average Bonchev–Trinajstić information content (AvgIpc) is 2.59. The number of amides is 2. The van der Waals surface area contributed by atoms with Crippen LogP contribution >= 0.6 is 0 Å². The van der Waals surface area contributed by atoms with Crippen LogP contribution in [-0.4, -0.2) is 34.8 Å². The zero-order valence-corrected chi connectivity index (χ0v) is 14.8. The van der Waals surface area contributed by atoms with Crippen LogP contribution in [0.15, 0.2) is 24.3 Å². The first-order valence-corrected chi connectivity index (χ1v) is 9.27. The molecule has 1 aromatic carbocycles. The molecule has 0 aromatic heterocycles. The molecule has 3 rings (SSSR count). The van der Waals surface area contributed by atoms with E-state index in [0.717, 1.165) is 30.4 Å². The number of fused-ring (bicyclic) bond motifs is 1. The zero-order valence-electron chi connectivity index (χ0n) is 14.8. The van der Waals surface area contributed by atoms with Crippen molar-refractivity contribution in [2.45, 2.75) is 70.4 Å². The molecule has 1 N–H and O–H groups in total. The van der Waals surface area contributed by atoms with Gasteiger partial charge in [-0.05, 0) is 37.8 Å². The van der Waals surface area contributed by atoms with Gasteiger partial charge in [0.2, 0.25) is 5.91 Å². The van der Waals surface area contributed by atoms with Gasteiger partial charge >= 0.3 is 0 Å². The van der Waals surface area contributed by atoms with E-state index in [-0.39, 0.29) is 17.9 Å². The fraction of sp³-hybridized carbons (Fsp3) is 0.600. The van der Waals surface area contributed by atoms with Gasteiger partial charge in [-0.25, -0.2) is 0 Å². The van der Waals surface area contributed by atoms with Gasteiger partial charge in [0.1, 0.15) is 5.54 Å². The van der Waals surface area contributed by atoms with Crippen LogP contribution in [0.25, 0.3) is 0 Å². The van der Waals surface area contributed by atoms with Gasteiger partial charge in [-0.2, -0.15) is 0 Å². The van der Waals surface area contributed by atoms with Crippen molar-refractivity contribution in [3.63, 3.8) is 0 Å². The fourth-order valence-electron chi connectivity index (χ4n) is 4.08. The van der Waals surface area contributed by atoms with Gasteiger partial charge in [0.25, 0.3) is 5.91 Å². The molecule has 130 valence electrons. The third-order valence-electron chi connectivity index (χ3n) is 5.50. The molecular weight excluding hydrogens is 300 g/mol. The highest BCUT2D eigenvalue weighted by atomic mass is 16.2. The second kappa shape index (κ2) is 6.96. The van der Waals surface area contributed by atoms with Crippen molar-refractivity contribution in [3.05, 3.63) is 35.4 Å². The maximum absolute atomic E-state index is 13.1. The number of carbonyl (C=O) groups is 2. The number of rotatable bonds is 4. The van der Waals surface area contributed by atoms with Crippen LogP contribution in [0.3, 0.4) is 0 Å². The van der Waals surface area contributed by atoms with Crippen LogP contribution in [0.5, 0.6) is 0 Å². The van der Waals surface area contributed by atoms with Gasteiger partial charge in [-0.1, -0.05) is 44.4 Å². The van der Waals surface area contributed by atoms with Crippen molar-refractivity contribution in [2.75, 3.05) is 6.54 Å². The van der Waals surface area contributed by atoms with Crippen LogP contribution < -0.4 is 5.32 Å². The minimum Gasteiger partial charge on any atom is -0.351 e. The molecule has 1 aliphatic carbocycles. The lowest BCUT2D eigenvalue weighted by Gasteiger charge is -2.44. The SMILES string of the molecule is CCCN1C(=O)c2ccccc2C[C@]1(C)C(=O)NC1CCCCC1. The molecule has 1 fully saturated rings. The van der Waals surface area contributed by atoms with Crippen molar-refractivity contribution >= 4 is 11.8 Å². The number of hydrogen-bond donors (Lipinski definition) is 1. The second-order valence-electron chi connectivity index (χ2n) is 7.37. The summed E-state index contributed by atoms with van der Waals surface area (Å²) in [5, 5.41) is 3.24. The molecular formula is C20H28N2O2. The zero-order chi connectivity index (χ0) is 17.2. The molecule has 0 spiro atoms. The summed E-state index contributed by atoms with van der Waals surface area (Å²) in [6.07, 6.45) is 7.18. The average molecular weight is 328 g/mol. The molecule has 4 heteroatoms. The Morgan fingerprint density at radius 2 is 1.96 bits per heavy atom. The van der Waals surface area contributed by atoms with Crippen LogP contribution in [0.2, 0.25) is 0 Å². The summed E-state index contributed by atoms with van der Waals surface area (Å²) >= 11 is 0. The Morgan fingerprint density at radius 3 is 2.67 bits per heavy atom. The lowest BCUT2D eigenvalue weighted by atomic mass is 9.82. The topological polar surface area (TPSA) is 49.4 Å². The minimum absolute atomic E-state index is 0.00528. The first-order valence-electron chi connectivity index (χ1n) is 9.27. The predicted octanol–water partition coefficient (Wildman–Crippen LogP) is 3.30. The van der Waals surface area contributed by atoms with E-state index in [9.17, 15) is 9.59 Å². The lowest BCUT2D eigenvalue weighted by molar-refractivity contribution is -0.132. The first-order chi connectivity index (χ1) is 11.6. The Kier molecular flexibility index (Phi) is 4.93. The molecule has 2 aliphatic rings. The van der Waals surface area contributed by atoms with Gasteiger partial charge in [-0.3, -0.25) is 9.59 Å². The summed E-state index contributed by atoms with van der Waals surface area (Å²) in [6.45, 7) is 4.59. The summed E-state index contributed by atoms with van der Waals surface area (Å²) < 4.78 is 0. The number of nitrogens with one attached hydrogen (secondary N) is 1. The highest BCUT2D eigenvalue weighted by Crippen LogP contribution is 2.32. The van der Waals surface area contributed by atoms with Crippen molar-refractivity contribution in [2.24, 2.45) is 0 Å². The molecule has 1 aliphatic heterocycles. The number of nitrogens with zero attached hydrogens (tertiary/aromatic N) is 1. The maximum atomic E-state index is 13.1. The van der Waals surface area contributed by atoms with E-state index in [1.807, 2.05) is 38.1 Å². The van der Waals surface area contributed by atoms with E-state index in [4.69, 9.17) is 0 Å². The third kappa shape index (κ3) is 3.06. The number of hydrogen-bond acceptors (Lipinski definition) is 2. The molecule has 1 aromatic rings. The Hall–Kier alpha value is -1.84. The summed E-state index contributed by atoms with van der Waals surface area (Å²) in [4.78, 5) is 27.9. The molecule has 4 nitrogen and oxygen atoms in total. The van der Waals surface area contributed by atoms with Gasteiger partial charge in [0.05, 0.1) is 0 Å². The molecule has 24 heavy (non-hydrogen) atoms. The summed E-state index contributed by atoms with van der Waals surface area (Å²) in [6, 6.07) is 7.95. The smallest absolute Gasteiger partial charge is 0.255 e. The van der Waals surface area contributed by atoms with E-state index in [2.05, 4.69) is 5.32 Å². The quantitative estimate of drug-likeness (QED) is 0.922. The van der Waals surface area contributed by atoms with E-state index in [0.29, 0.717) is 13.0 Å². The summed E-state index contributed by atoms with van der Waals surface area (Å²) in [5.41, 5.74) is 0.934. The van der Waals surface area contributed by atoms with Crippen LogP contribution in [0.4, 0.5) is 0 Å². The van der Waals surface area contributed by atoms with Crippen LogP contribution in [0, 0.1) is 0 Å². The molecule has 1 saturated carbocycles. The Balaban J connectivity index is 1.87. The normalized spacial score (nSPS) is 24.6. The van der Waals surface area contributed by atoms with Gasteiger partial charge < -0.3 is 10.2 Å². The van der Waals surface area contributed by atoms with Gasteiger partial charge in [0.15, 0.2) is 0 Å². The largest absolute Gasteiger partial charge is 0.351 e. The fourth-order valence-corrected chi connectivity index (χ4v) is 4.08. The third-order valence-corrected chi connectivity index (χ3v) is 5.50. The van der Waals surface area contributed by atoms with Crippen molar-refractivity contribution in [1.29, 1.82) is 0 Å². The monoisotopic (exact) mass is 328 g/mol. The Labute approximate surface area is 144 Å². The highest BCUT2D eigenvalue weighted by Gasteiger charge is 2.46. The molecule has 0 unspecified atom stereocenters. The van der Waals surface area contributed by atoms with E-state index in [1.54, 1.807) is 4.90 Å². The maximum Gasteiger partial charge on any atom is 0.255 e. The Morgan fingerprint density at radius 1 is 1.25 bits per heavy atom. The van der Waals surface area contributed by atoms with E-state index < -0.39 is 5.54 Å². The van der Waals surface area contributed by atoms with Crippen LogP contribution in [0.1, 0.15) is 68.3 Å². The highest BCUT2D eigenvalue weighted by molar-refractivity contribution is 6.02. The minimum atomic E-state index is -0.793. The number of benzene rings is 1. The van der Waals surface area contributed by atoms with Gasteiger partial charge in [0, 0.05) is 24.6 Å². The Bertz CT molecular complexity index is 622. The first kappa shape index (κ1) is 17.0. The molecule has 0 radical (unpaired) electrons. The second-order valence-corrected chi connectivity index (χ2v) is 7.37. The molecule has 2 amide bonds. The van der Waals surface area contributed by atoms with Crippen molar-refractivity contribution in [3.8, 4) is 0 Å². The molecule has 0 saturated heterocycles. The number of carbonyl (C=O) groups excluding carboxylic acids is 2. The van der Waals surface area contributed by atoms with Crippen molar-refractivity contribution < 1.29 is 9.59 Å². The molecule has 1 heterocycles. The van der Waals surface area contributed by atoms with E-state index >= 15 is 0 Å². The van der Waals surface area contributed by atoms with Crippen molar-refractivity contribution in [1.82, 2.24) is 10.2 Å². The summed E-state index contributed by atoms with van der Waals surface area (Å²) in [5.74, 6) is -0.00861. The standard InChI is InChI=1S/C20H28N2O2/c1-3-13-22-18(23)17-12-8-7-9-15(17)14-20(22,2)19(24)21-16-10-5-4-6-11-16/h7-9,12,16H,3-6,10-11,13-14H2,1-2H3,(H,21,24)/t20-/m1/s1. The molecule has 0 bridgehead atoms. The molecule has 1 atom stereocenters. The van der Waals surface area contributed by atoms with E-state index in [1.165, 1.54) is 19.3 Å². The predicted molar refractivity (Wildman–Crippen MR) is 94.9 cm³/mol. The van der Waals surface area contributed by atoms with Gasteiger partial charge in [-0.15, -0.1) is 0 Å². The summed E-state index contributed by atoms with van der Waals surface area (Å²) in [7, 11) is 0.